The largest absolute Gasteiger partial charge is 0.477 e. The molecular formula is C19H23N5O7S2. The summed E-state index contributed by atoms with van der Waals surface area (Å²) in [7, 11) is 0. The smallest absolute Gasteiger partial charge is 0.352 e. The van der Waals surface area contributed by atoms with Gasteiger partial charge in [-0.25, -0.2) is 9.78 Å². The lowest BCUT2D eigenvalue weighted by molar-refractivity contribution is -0.150. The molecule has 0 radical (unpaired) electrons. The second-order valence-corrected chi connectivity index (χ2v) is 9.47. The van der Waals surface area contributed by atoms with E-state index in [1.54, 1.807) is 6.92 Å². The third-order valence-electron chi connectivity index (χ3n) is 4.69. The number of ether oxygens (including phenoxy) is 1. The third kappa shape index (κ3) is 5.11. The number of anilines is 1. The van der Waals surface area contributed by atoms with Gasteiger partial charge in [-0.1, -0.05) is 12.1 Å². The summed E-state index contributed by atoms with van der Waals surface area (Å²) in [5.41, 5.74) is 5.94. The van der Waals surface area contributed by atoms with Crippen LogP contribution in [0.5, 0.6) is 0 Å². The Morgan fingerprint density at radius 2 is 2.12 bits per heavy atom. The fourth-order valence-corrected chi connectivity index (χ4v) is 5.24. The Kier molecular flexibility index (Phi) is 7.58. The maximum Gasteiger partial charge on any atom is 0.352 e. The SMILES string of the molecule is CCCON=C(C(=O)N[C@@H]1C(=O)N2C(C(=O)O)=C(COC(C)=O)CS[C@H]12)c1nc(N)sc1C. The predicted octanol–water partition coefficient (Wildman–Crippen LogP) is 0.466. The molecule has 2 aliphatic rings. The number of carboxylic acid groups (broad SMARTS) is 1. The van der Waals surface area contributed by atoms with Gasteiger partial charge in [0.1, 0.15) is 36.0 Å². The number of β-lactam (4-membered cyclic amide) rings is 1. The van der Waals surface area contributed by atoms with Crippen molar-refractivity contribution in [1.29, 1.82) is 0 Å². The van der Waals surface area contributed by atoms with Gasteiger partial charge in [0.05, 0.1) is 0 Å². The lowest BCUT2D eigenvalue weighted by Crippen LogP contribution is -2.71. The lowest BCUT2D eigenvalue weighted by Gasteiger charge is -2.49. The minimum Gasteiger partial charge on any atom is -0.477 e. The molecule has 3 rings (SSSR count). The first-order chi connectivity index (χ1) is 15.6. The van der Waals surface area contributed by atoms with E-state index in [1.165, 1.54) is 30.0 Å². The molecule has 12 nitrogen and oxygen atoms in total. The van der Waals surface area contributed by atoms with Gasteiger partial charge in [-0.2, -0.15) is 0 Å². The first-order valence-corrected chi connectivity index (χ1v) is 11.8. The number of amides is 2. The van der Waals surface area contributed by atoms with Crippen molar-refractivity contribution in [2.75, 3.05) is 24.7 Å². The van der Waals surface area contributed by atoms with E-state index in [2.05, 4.69) is 15.5 Å². The molecule has 33 heavy (non-hydrogen) atoms. The third-order valence-corrected chi connectivity index (χ3v) is 6.83. The number of fused-ring (bicyclic) bond motifs is 1. The van der Waals surface area contributed by atoms with Crippen molar-refractivity contribution < 1.29 is 33.9 Å². The number of nitrogen functional groups attached to an aromatic ring is 1. The van der Waals surface area contributed by atoms with Crippen LogP contribution >= 0.6 is 23.1 Å². The first kappa shape index (κ1) is 24.5. The number of oxime groups is 1. The molecule has 1 aromatic rings. The topological polar surface area (TPSA) is 174 Å². The molecule has 1 aromatic heterocycles. The number of carboxylic acids is 1. The van der Waals surface area contributed by atoms with Crippen LogP contribution in [0.25, 0.3) is 0 Å². The summed E-state index contributed by atoms with van der Waals surface area (Å²) in [6.45, 7) is 4.87. The number of thiazole rings is 1. The van der Waals surface area contributed by atoms with Gasteiger partial charge in [-0.05, 0) is 13.3 Å². The number of thioether (sulfide) groups is 1. The molecule has 0 unspecified atom stereocenters. The molecule has 2 atom stereocenters. The minimum absolute atomic E-state index is 0.120. The Bertz CT molecular complexity index is 1050. The first-order valence-electron chi connectivity index (χ1n) is 9.93. The summed E-state index contributed by atoms with van der Waals surface area (Å²) in [6.07, 6.45) is 0.672. The van der Waals surface area contributed by atoms with Crippen LogP contribution in [-0.4, -0.2) is 74.8 Å². The standard InChI is InChI=1S/C19H23N5O7S2/c1-4-5-31-23-12(11-8(2)33-19(20)22-11)15(26)21-13-16(27)24-14(18(28)29)10(6-30-9(3)25)7-32-17(13)24/h13,17H,4-7H2,1-3H3,(H2,20,22)(H,21,26)(H,28,29)/t13-,17-/m1/s1. The van der Waals surface area contributed by atoms with E-state index in [0.717, 1.165) is 4.90 Å². The summed E-state index contributed by atoms with van der Waals surface area (Å²) in [4.78, 5) is 59.8. The van der Waals surface area contributed by atoms with Crippen LogP contribution in [0.4, 0.5) is 5.13 Å². The molecule has 0 saturated carbocycles. The molecule has 4 N–H and O–H groups in total. The van der Waals surface area contributed by atoms with Gasteiger partial charge in [0, 0.05) is 23.1 Å². The van der Waals surface area contributed by atoms with Gasteiger partial charge in [0.25, 0.3) is 11.8 Å². The zero-order chi connectivity index (χ0) is 24.3. The number of aliphatic carboxylic acids is 1. The van der Waals surface area contributed by atoms with Crippen LogP contribution in [-0.2, 0) is 28.8 Å². The Morgan fingerprint density at radius 3 is 2.70 bits per heavy atom. The van der Waals surface area contributed by atoms with Gasteiger partial charge in [-0.15, -0.1) is 23.1 Å². The molecule has 2 amide bonds. The number of nitrogens with zero attached hydrogens (tertiary/aromatic N) is 3. The van der Waals surface area contributed by atoms with Crippen LogP contribution in [0, 0.1) is 6.92 Å². The average molecular weight is 498 g/mol. The zero-order valence-electron chi connectivity index (χ0n) is 18.1. The number of nitrogens with one attached hydrogen (secondary N) is 1. The maximum atomic E-state index is 13.0. The summed E-state index contributed by atoms with van der Waals surface area (Å²) in [5, 5.41) is 15.8. The number of carbonyl (C=O) groups is 4. The second-order valence-electron chi connectivity index (χ2n) is 7.13. The lowest BCUT2D eigenvalue weighted by atomic mass is 10.0. The van der Waals surface area contributed by atoms with Crippen molar-refractivity contribution >= 4 is 57.7 Å². The zero-order valence-corrected chi connectivity index (χ0v) is 19.7. The summed E-state index contributed by atoms with van der Waals surface area (Å²) in [6, 6.07) is -0.972. The van der Waals surface area contributed by atoms with Crippen LogP contribution in [0.15, 0.2) is 16.4 Å². The van der Waals surface area contributed by atoms with Crippen molar-refractivity contribution in [2.24, 2.45) is 5.16 Å². The van der Waals surface area contributed by atoms with Gasteiger partial charge in [-0.3, -0.25) is 19.3 Å². The number of hydrogen-bond donors (Lipinski definition) is 3. The Labute approximate surface area is 197 Å². The number of rotatable bonds is 9. The van der Waals surface area contributed by atoms with E-state index in [9.17, 15) is 24.3 Å². The molecule has 0 spiro atoms. The summed E-state index contributed by atoms with van der Waals surface area (Å²) >= 11 is 2.44. The van der Waals surface area contributed by atoms with Gasteiger partial charge in [0.2, 0.25) is 0 Å². The molecule has 3 heterocycles. The normalized spacial score (nSPS) is 20.2. The van der Waals surface area contributed by atoms with Gasteiger partial charge < -0.3 is 25.7 Å². The van der Waals surface area contributed by atoms with Crippen molar-refractivity contribution in [3.63, 3.8) is 0 Å². The van der Waals surface area contributed by atoms with Gasteiger partial charge >= 0.3 is 11.9 Å². The summed E-state index contributed by atoms with van der Waals surface area (Å²) < 4.78 is 4.91. The van der Waals surface area contributed by atoms with Crippen molar-refractivity contribution in [3.8, 4) is 0 Å². The number of hydrogen-bond acceptors (Lipinski definition) is 11. The Morgan fingerprint density at radius 1 is 1.39 bits per heavy atom. The minimum atomic E-state index is -1.32. The number of esters is 1. The highest BCUT2D eigenvalue weighted by atomic mass is 32.2. The molecule has 2 aliphatic heterocycles. The van der Waals surface area contributed by atoms with E-state index in [0.29, 0.717) is 16.9 Å². The van der Waals surface area contributed by atoms with Crippen LogP contribution in [0.2, 0.25) is 0 Å². The van der Waals surface area contributed by atoms with E-state index in [1.807, 2.05) is 6.92 Å². The second kappa shape index (κ2) is 10.2. The fraction of sp³-hybridized carbons (Fsp3) is 0.474. The Balaban J connectivity index is 1.80. The average Bonchev–Trinajstić information content (AvgIpc) is 3.09. The predicted molar refractivity (Wildman–Crippen MR) is 120 cm³/mol. The van der Waals surface area contributed by atoms with Crippen molar-refractivity contribution in [2.45, 2.75) is 38.6 Å². The number of aromatic nitrogens is 1. The maximum absolute atomic E-state index is 13.0. The number of nitrogens with two attached hydrogens (primary N) is 1. The number of carbonyl (C=O) groups excluding carboxylic acids is 3. The highest BCUT2D eigenvalue weighted by Gasteiger charge is 2.54. The van der Waals surface area contributed by atoms with Crippen LogP contribution in [0.3, 0.4) is 0 Å². The molecular weight excluding hydrogens is 474 g/mol. The van der Waals surface area contributed by atoms with Crippen LogP contribution in [0.1, 0.15) is 30.8 Å². The molecule has 0 aromatic carbocycles. The van der Waals surface area contributed by atoms with Crippen molar-refractivity contribution in [1.82, 2.24) is 15.2 Å². The molecule has 0 bridgehead atoms. The number of aryl methyl sites for hydroxylation is 1. The molecule has 1 fully saturated rings. The van der Waals surface area contributed by atoms with E-state index in [-0.39, 0.29) is 41.2 Å². The highest BCUT2D eigenvalue weighted by molar-refractivity contribution is 8.00. The van der Waals surface area contributed by atoms with E-state index < -0.39 is 35.2 Å². The molecule has 14 heteroatoms. The van der Waals surface area contributed by atoms with Gasteiger partial charge in [0.15, 0.2) is 10.8 Å². The highest BCUT2D eigenvalue weighted by Crippen LogP contribution is 2.40. The van der Waals surface area contributed by atoms with E-state index >= 15 is 0 Å². The molecule has 0 aliphatic carbocycles. The monoisotopic (exact) mass is 497 g/mol. The molecule has 178 valence electrons. The fourth-order valence-electron chi connectivity index (χ4n) is 3.22. The van der Waals surface area contributed by atoms with Crippen LogP contribution < -0.4 is 11.1 Å². The molecule has 1 saturated heterocycles. The summed E-state index contributed by atoms with van der Waals surface area (Å²) in [5.74, 6) is -2.94. The quantitative estimate of drug-likeness (QED) is 0.143. The van der Waals surface area contributed by atoms with E-state index in [4.69, 9.17) is 15.3 Å². The van der Waals surface area contributed by atoms with Crippen molar-refractivity contribution in [3.05, 3.63) is 21.8 Å². The Hall–Kier alpha value is -3.13.